The van der Waals surface area contributed by atoms with Crippen molar-refractivity contribution >= 4 is 5.65 Å². The number of imidazole rings is 1. The van der Waals surface area contributed by atoms with Crippen LogP contribution in [-0.4, -0.2) is 48.3 Å². The summed E-state index contributed by atoms with van der Waals surface area (Å²) in [6, 6.07) is 11.0. The van der Waals surface area contributed by atoms with Crippen molar-refractivity contribution in [3.63, 3.8) is 0 Å². The second-order valence-electron chi connectivity index (χ2n) is 7.94. The van der Waals surface area contributed by atoms with E-state index in [9.17, 15) is 13.2 Å². The molecule has 0 aliphatic heterocycles. The minimum absolute atomic E-state index is 0.242. The Labute approximate surface area is 203 Å². The number of aryl methyl sites for hydroxylation is 1. The normalized spacial score (nSPS) is 11.7. The lowest BCUT2D eigenvalue weighted by Crippen LogP contribution is -2.04. The molecule has 0 aliphatic rings. The number of methoxy groups -OCH3 is 2. The standard InChI is InChI=1S/C24H20F3N7O2/c1-33-12-17(24(25,26)27)30-20(33)15-8-6-14(7-9-15)11-16-5-4-10-34-21(16)31-19(32-34)18-22(35-2)28-13-29-23(18)36-3/h4-10,12-13H,11H2,1-3H3. The quantitative estimate of drug-likeness (QED) is 0.348. The fourth-order valence-electron chi connectivity index (χ4n) is 3.92. The van der Waals surface area contributed by atoms with E-state index in [-0.39, 0.29) is 17.6 Å². The summed E-state index contributed by atoms with van der Waals surface area (Å²) < 4.78 is 52.8. The number of hydrogen-bond acceptors (Lipinski definition) is 7. The van der Waals surface area contributed by atoms with Crippen molar-refractivity contribution in [2.24, 2.45) is 7.05 Å². The van der Waals surface area contributed by atoms with Crippen LogP contribution >= 0.6 is 0 Å². The number of ether oxygens (including phenoxy) is 2. The molecule has 5 rings (SSSR count). The zero-order chi connectivity index (χ0) is 25.4. The minimum atomic E-state index is -4.49. The zero-order valence-corrected chi connectivity index (χ0v) is 19.5. The fourth-order valence-corrected chi connectivity index (χ4v) is 3.92. The van der Waals surface area contributed by atoms with Gasteiger partial charge in [-0.25, -0.2) is 24.5 Å². The molecule has 12 heteroatoms. The lowest BCUT2D eigenvalue weighted by molar-refractivity contribution is -0.140. The molecule has 0 unspecified atom stereocenters. The van der Waals surface area contributed by atoms with E-state index in [2.05, 4.69) is 20.1 Å². The van der Waals surface area contributed by atoms with Gasteiger partial charge in [-0.05, 0) is 11.6 Å². The minimum Gasteiger partial charge on any atom is -0.480 e. The largest absolute Gasteiger partial charge is 0.480 e. The monoisotopic (exact) mass is 495 g/mol. The summed E-state index contributed by atoms with van der Waals surface area (Å²) >= 11 is 0. The molecular weight excluding hydrogens is 475 g/mol. The van der Waals surface area contributed by atoms with Crippen molar-refractivity contribution in [3.05, 3.63) is 71.9 Å². The molecule has 0 saturated carbocycles. The van der Waals surface area contributed by atoms with E-state index in [1.807, 2.05) is 24.3 Å². The van der Waals surface area contributed by atoms with Crippen LogP contribution < -0.4 is 9.47 Å². The molecule has 184 valence electrons. The van der Waals surface area contributed by atoms with Gasteiger partial charge in [-0.15, -0.1) is 5.10 Å². The first-order valence-corrected chi connectivity index (χ1v) is 10.8. The molecule has 9 nitrogen and oxygen atoms in total. The first-order valence-electron chi connectivity index (χ1n) is 10.8. The highest BCUT2D eigenvalue weighted by atomic mass is 19.4. The maximum Gasteiger partial charge on any atom is 0.434 e. The molecular formula is C24H20F3N7O2. The van der Waals surface area contributed by atoms with Crippen LogP contribution in [0.2, 0.25) is 0 Å². The molecule has 0 bridgehead atoms. The summed E-state index contributed by atoms with van der Waals surface area (Å²) in [4.78, 5) is 16.7. The maximum atomic E-state index is 13.0. The first kappa shape index (κ1) is 23.3. The molecule has 0 saturated heterocycles. The number of fused-ring (bicyclic) bond motifs is 1. The number of pyridine rings is 1. The van der Waals surface area contributed by atoms with Gasteiger partial charge >= 0.3 is 6.18 Å². The maximum absolute atomic E-state index is 13.0. The lowest BCUT2D eigenvalue weighted by atomic mass is 10.0. The van der Waals surface area contributed by atoms with Gasteiger partial charge < -0.3 is 14.0 Å². The lowest BCUT2D eigenvalue weighted by Gasteiger charge is -2.07. The van der Waals surface area contributed by atoms with Gasteiger partial charge in [-0.2, -0.15) is 13.2 Å². The average molecular weight is 495 g/mol. The second-order valence-corrected chi connectivity index (χ2v) is 7.94. The van der Waals surface area contributed by atoms with Crippen LogP contribution in [0.15, 0.2) is 55.1 Å². The van der Waals surface area contributed by atoms with E-state index >= 15 is 0 Å². The van der Waals surface area contributed by atoms with Crippen molar-refractivity contribution in [3.8, 4) is 34.5 Å². The van der Waals surface area contributed by atoms with Crippen LogP contribution in [-0.2, 0) is 19.6 Å². The summed E-state index contributed by atoms with van der Waals surface area (Å²) in [5, 5.41) is 4.55. The third-order valence-electron chi connectivity index (χ3n) is 5.60. The van der Waals surface area contributed by atoms with Crippen molar-refractivity contribution in [2.75, 3.05) is 14.2 Å². The van der Waals surface area contributed by atoms with Crippen LogP contribution in [0.4, 0.5) is 13.2 Å². The van der Waals surface area contributed by atoms with Crippen LogP contribution in [0.1, 0.15) is 16.8 Å². The SMILES string of the molecule is COc1ncnc(OC)c1-c1nc2c(Cc3ccc(-c4nc(C(F)(F)F)cn4C)cc3)cccn2n1. The molecule has 4 heterocycles. The molecule has 0 N–H and O–H groups in total. The van der Waals surface area contributed by atoms with Crippen molar-refractivity contribution in [2.45, 2.75) is 12.6 Å². The van der Waals surface area contributed by atoms with Crippen molar-refractivity contribution < 1.29 is 22.6 Å². The zero-order valence-electron chi connectivity index (χ0n) is 19.5. The Balaban J connectivity index is 1.46. The molecule has 0 fully saturated rings. The smallest absolute Gasteiger partial charge is 0.434 e. The molecule has 0 aliphatic carbocycles. The first-order chi connectivity index (χ1) is 17.3. The Kier molecular flexibility index (Phi) is 5.78. The van der Waals surface area contributed by atoms with E-state index in [0.717, 1.165) is 17.3 Å². The fraction of sp³-hybridized carbons (Fsp3) is 0.208. The van der Waals surface area contributed by atoms with Gasteiger partial charge in [-0.1, -0.05) is 30.3 Å². The number of rotatable bonds is 6. The number of aromatic nitrogens is 7. The third kappa shape index (κ3) is 4.21. The Bertz CT molecular complexity index is 1520. The van der Waals surface area contributed by atoms with E-state index in [0.29, 0.717) is 29.0 Å². The number of benzene rings is 1. The highest BCUT2D eigenvalue weighted by Crippen LogP contribution is 2.34. The molecule has 0 spiro atoms. The van der Waals surface area contributed by atoms with Gasteiger partial charge in [0, 0.05) is 37.0 Å². The molecule has 0 atom stereocenters. The number of halogens is 3. The topological polar surface area (TPSA) is 92.3 Å². The predicted octanol–water partition coefficient (Wildman–Crippen LogP) is 4.21. The van der Waals surface area contributed by atoms with E-state index in [1.165, 1.54) is 32.2 Å². The van der Waals surface area contributed by atoms with Crippen LogP contribution in [0, 0.1) is 0 Å². The Hall–Kier alpha value is -4.48. The van der Waals surface area contributed by atoms with E-state index < -0.39 is 11.9 Å². The summed E-state index contributed by atoms with van der Waals surface area (Å²) in [7, 11) is 4.52. The summed E-state index contributed by atoms with van der Waals surface area (Å²) in [6.07, 6.45) is 0.123. The highest BCUT2D eigenvalue weighted by Gasteiger charge is 2.34. The summed E-state index contributed by atoms with van der Waals surface area (Å²) in [5.74, 6) is 1.17. The molecule has 4 aromatic heterocycles. The summed E-state index contributed by atoms with van der Waals surface area (Å²) in [5.41, 5.74) is 2.58. The molecule has 36 heavy (non-hydrogen) atoms. The van der Waals surface area contributed by atoms with Crippen molar-refractivity contribution in [1.82, 2.24) is 34.1 Å². The highest BCUT2D eigenvalue weighted by molar-refractivity contribution is 5.69. The van der Waals surface area contributed by atoms with Gasteiger partial charge in [0.2, 0.25) is 11.8 Å². The average Bonchev–Trinajstić information content (AvgIpc) is 3.48. The van der Waals surface area contributed by atoms with Crippen LogP contribution in [0.3, 0.4) is 0 Å². The van der Waals surface area contributed by atoms with Crippen LogP contribution in [0.25, 0.3) is 28.4 Å². The third-order valence-corrected chi connectivity index (χ3v) is 5.60. The second kappa shape index (κ2) is 8.95. The predicted molar refractivity (Wildman–Crippen MR) is 124 cm³/mol. The van der Waals surface area contributed by atoms with Gasteiger partial charge in [0.25, 0.3) is 0 Å². The summed E-state index contributed by atoms with van der Waals surface area (Å²) in [6.45, 7) is 0. The molecule has 0 radical (unpaired) electrons. The Morgan fingerprint density at radius 3 is 2.25 bits per heavy atom. The Morgan fingerprint density at radius 1 is 0.944 bits per heavy atom. The van der Waals surface area contributed by atoms with Crippen LogP contribution in [0.5, 0.6) is 11.8 Å². The van der Waals surface area contributed by atoms with Crippen molar-refractivity contribution in [1.29, 1.82) is 0 Å². The number of nitrogens with zero attached hydrogens (tertiary/aromatic N) is 7. The van der Waals surface area contributed by atoms with Gasteiger partial charge in [0.1, 0.15) is 17.7 Å². The number of hydrogen-bond donors (Lipinski definition) is 0. The van der Waals surface area contributed by atoms with E-state index in [1.54, 1.807) is 22.8 Å². The van der Waals surface area contributed by atoms with E-state index in [4.69, 9.17) is 14.5 Å². The van der Waals surface area contributed by atoms with Gasteiger partial charge in [0.15, 0.2) is 17.2 Å². The molecule has 5 aromatic rings. The van der Waals surface area contributed by atoms with Gasteiger partial charge in [0.05, 0.1) is 14.2 Å². The Morgan fingerprint density at radius 2 is 1.64 bits per heavy atom. The number of alkyl halides is 3. The van der Waals surface area contributed by atoms with Gasteiger partial charge in [-0.3, -0.25) is 0 Å². The molecule has 1 aromatic carbocycles. The molecule has 0 amide bonds.